The summed E-state index contributed by atoms with van der Waals surface area (Å²) in [5.74, 6) is -0.0206. The molecule has 1 aromatic carbocycles. The van der Waals surface area contributed by atoms with E-state index in [-0.39, 0.29) is 10.7 Å². The second-order valence-corrected chi connectivity index (χ2v) is 7.20. The molecule has 1 heterocycles. The van der Waals surface area contributed by atoms with Crippen molar-refractivity contribution < 1.29 is 8.42 Å². The fourth-order valence-electron chi connectivity index (χ4n) is 1.75. The molecule has 0 saturated carbocycles. The lowest BCUT2D eigenvalue weighted by molar-refractivity contribution is 0.594. The Morgan fingerprint density at radius 3 is 2.65 bits per heavy atom. The van der Waals surface area contributed by atoms with Gasteiger partial charge >= 0.3 is 0 Å². The zero-order chi connectivity index (χ0) is 14.9. The van der Waals surface area contributed by atoms with Crippen LogP contribution in [0.4, 0.5) is 11.5 Å². The number of benzene rings is 1. The predicted molar refractivity (Wildman–Crippen MR) is 83.1 cm³/mol. The Hall–Kier alpha value is -1.60. The van der Waals surface area contributed by atoms with Crippen LogP contribution in [0.5, 0.6) is 0 Å². The minimum Gasteiger partial charge on any atom is -0.383 e. The second kappa shape index (κ2) is 5.41. The van der Waals surface area contributed by atoms with Gasteiger partial charge in [-0.2, -0.15) is 0 Å². The lowest BCUT2D eigenvalue weighted by Crippen LogP contribution is -2.27. The number of nitrogen functional groups attached to an aromatic ring is 1. The molecule has 2 N–H and O–H groups in total. The summed E-state index contributed by atoms with van der Waals surface area (Å²) in [7, 11) is -2.26. The van der Waals surface area contributed by atoms with Gasteiger partial charge in [0.25, 0.3) is 10.0 Å². The van der Waals surface area contributed by atoms with Gasteiger partial charge in [-0.05, 0) is 46.6 Å². The molecular weight excluding hydrogens is 342 g/mol. The lowest BCUT2D eigenvalue weighted by atomic mass is 10.2. The zero-order valence-electron chi connectivity index (χ0n) is 11.0. The first-order valence-corrected chi connectivity index (χ1v) is 8.02. The maximum atomic E-state index is 12.6. The molecule has 0 aliphatic heterocycles. The van der Waals surface area contributed by atoms with Crippen LogP contribution in [-0.2, 0) is 10.0 Å². The molecule has 0 unspecified atom stereocenters. The molecule has 0 aliphatic rings. The van der Waals surface area contributed by atoms with E-state index in [2.05, 4.69) is 20.9 Å². The van der Waals surface area contributed by atoms with Crippen LogP contribution in [0, 0.1) is 6.92 Å². The number of anilines is 2. The van der Waals surface area contributed by atoms with Crippen molar-refractivity contribution in [3.05, 3.63) is 46.6 Å². The third-order valence-corrected chi connectivity index (χ3v) is 5.10. The number of hydrogen-bond donors (Lipinski definition) is 1. The molecule has 0 aliphatic carbocycles. The molecule has 7 heteroatoms. The number of hydrogen-bond acceptors (Lipinski definition) is 4. The van der Waals surface area contributed by atoms with Crippen LogP contribution in [-0.4, -0.2) is 20.4 Å². The van der Waals surface area contributed by atoms with Gasteiger partial charge < -0.3 is 5.73 Å². The Morgan fingerprint density at radius 2 is 2.00 bits per heavy atom. The van der Waals surface area contributed by atoms with Crippen LogP contribution in [0.2, 0.25) is 0 Å². The van der Waals surface area contributed by atoms with E-state index < -0.39 is 10.0 Å². The van der Waals surface area contributed by atoms with Gasteiger partial charge in [-0.3, -0.25) is 4.31 Å². The Bertz CT molecular complexity index is 747. The van der Waals surface area contributed by atoms with E-state index in [1.54, 1.807) is 18.2 Å². The first-order valence-electron chi connectivity index (χ1n) is 5.79. The highest BCUT2D eigenvalue weighted by molar-refractivity contribution is 9.10. The smallest absolute Gasteiger partial charge is 0.267 e. The van der Waals surface area contributed by atoms with Gasteiger partial charge in [0.15, 0.2) is 0 Å². The van der Waals surface area contributed by atoms with E-state index in [1.807, 2.05) is 13.0 Å². The highest BCUT2D eigenvalue weighted by Gasteiger charge is 2.24. The van der Waals surface area contributed by atoms with Crippen LogP contribution in [0.3, 0.4) is 0 Å². The second-order valence-electron chi connectivity index (χ2n) is 4.35. The molecule has 2 rings (SSSR count). The number of aryl methyl sites for hydroxylation is 1. The van der Waals surface area contributed by atoms with Gasteiger partial charge in [0, 0.05) is 17.7 Å². The van der Waals surface area contributed by atoms with Gasteiger partial charge in [0.05, 0.1) is 5.69 Å². The Kier molecular flexibility index (Phi) is 4.01. The zero-order valence-corrected chi connectivity index (χ0v) is 13.4. The maximum Gasteiger partial charge on any atom is 0.267 e. The summed E-state index contributed by atoms with van der Waals surface area (Å²) < 4.78 is 27.0. The molecule has 0 bridgehead atoms. The van der Waals surface area contributed by atoms with Crippen molar-refractivity contribution in [2.24, 2.45) is 0 Å². The topological polar surface area (TPSA) is 76.3 Å². The SMILES string of the molecule is Cc1cccc(N(C)S(=O)(=O)c2cc(Br)cnc2N)c1. The number of nitrogens with zero attached hydrogens (tertiary/aromatic N) is 2. The molecule has 106 valence electrons. The number of halogens is 1. The third kappa shape index (κ3) is 2.78. The van der Waals surface area contributed by atoms with Crippen molar-refractivity contribution in [3.63, 3.8) is 0 Å². The summed E-state index contributed by atoms with van der Waals surface area (Å²) in [4.78, 5) is 3.85. The minimum absolute atomic E-state index is 0.0177. The van der Waals surface area contributed by atoms with E-state index in [4.69, 9.17) is 5.73 Å². The summed E-state index contributed by atoms with van der Waals surface area (Å²) in [6.45, 7) is 1.90. The van der Waals surface area contributed by atoms with Crippen molar-refractivity contribution in [3.8, 4) is 0 Å². The van der Waals surface area contributed by atoms with Crippen LogP contribution >= 0.6 is 15.9 Å². The van der Waals surface area contributed by atoms with Crippen LogP contribution in [0.25, 0.3) is 0 Å². The molecule has 0 fully saturated rings. The molecule has 0 atom stereocenters. The first-order chi connectivity index (χ1) is 9.32. The van der Waals surface area contributed by atoms with E-state index >= 15 is 0 Å². The molecule has 0 spiro atoms. The van der Waals surface area contributed by atoms with Gasteiger partial charge in [0.2, 0.25) is 0 Å². The number of aromatic nitrogens is 1. The Morgan fingerprint density at radius 1 is 1.30 bits per heavy atom. The molecule has 0 radical (unpaired) electrons. The van der Waals surface area contributed by atoms with Gasteiger partial charge in [-0.15, -0.1) is 0 Å². The first kappa shape index (κ1) is 14.8. The summed E-state index contributed by atoms with van der Waals surface area (Å²) in [6, 6.07) is 8.67. The van der Waals surface area contributed by atoms with Crippen molar-refractivity contribution in [2.45, 2.75) is 11.8 Å². The standard InChI is InChI=1S/C13H14BrN3O2S/c1-9-4-3-5-11(6-9)17(2)20(18,19)12-7-10(14)8-16-13(12)15/h3-8H,1-2H3,(H2,15,16). The number of pyridine rings is 1. The molecule has 5 nitrogen and oxygen atoms in total. The summed E-state index contributed by atoms with van der Waals surface area (Å²) in [6.07, 6.45) is 1.46. The molecule has 1 aromatic heterocycles. The largest absolute Gasteiger partial charge is 0.383 e. The Balaban J connectivity index is 2.52. The lowest BCUT2D eigenvalue weighted by Gasteiger charge is -2.20. The minimum atomic E-state index is -3.75. The fraction of sp³-hybridized carbons (Fsp3) is 0.154. The molecule has 0 saturated heterocycles. The normalized spacial score (nSPS) is 11.3. The average molecular weight is 356 g/mol. The monoisotopic (exact) mass is 355 g/mol. The molecule has 2 aromatic rings. The highest BCUT2D eigenvalue weighted by atomic mass is 79.9. The van der Waals surface area contributed by atoms with E-state index in [1.165, 1.54) is 23.6 Å². The van der Waals surface area contributed by atoms with Gasteiger partial charge in [0.1, 0.15) is 10.7 Å². The number of nitrogens with two attached hydrogens (primary N) is 1. The van der Waals surface area contributed by atoms with Crippen LogP contribution in [0.15, 0.2) is 45.9 Å². The summed E-state index contributed by atoms with van der Waals surface area (Å²) in [5, 5.41) is 0. The fourth-order valence-corrected chi connectivity index (χ4v) is 3.51. The van der Waals surface area contributed by atoms with Gasteiger partial charge in [-0.1, -0.05) is 12.1 Å². The van der Waals surface area contributed by atoms with Crippen molar-refractivity contribution in [1.29, 1.82) is 0 Å². The third-order valence-electron chi connectivity index (χ3n) is 2.85. The summed E-state index contributed by atoms with van der Waals surface area (Å²) in [5.41, 5.74) is 7.23. The summed E-state index contributed by atoms with van der Waals surface area (Å²) >= 11 is 3.20. The Labute approximate surface area is 126 Å². The van der Waals surface area contributed by atoms with E-state index in [9.17, 15) is 8.42 Å². The number of rotatable bonds is 3. The van der Waals surface area contributed by atoms with E-state index in [0.717, 1.165) is 5.56 Å². The maximum absolute atomic E-state index is 12.6. The van der Waals surface area contributed by atoms with Crippen LogP contribution < -0.4 is 10.0 Å². The predicted octanol–water partition coefficient (Wildman–Crippen LogP) is 2.56. The molecule has 20 heavy (non-hydrogen) atoms. The molecule has 0 amide bonds. The molecular formula is C13H14BrN3O2S. The number of sulfonamides is 1. The van der Waals surface area contributed by atoms with Crippen LogP contribution in [0.1, 0.15) is 5.56 Å². The van der Waals surface area contributed by atoms with Gasteiger partial charge in [-0.25, -0.2) is 13.4 Å². The highest BCUT2D eigenvalue weighted by Crippen LogP contribution is 2.27. The quantitative estimate of drug-likeness (QED) is 0.917. The average Bonchev–Trinajstić information content (AvgIpc) is 2.40. The van der Waals surface area contributed by atoms with Crippen molar-refractivity contribution in [2.75, 3.05) is 17.1 Å². The van der Waals surface area contributed by atoms with Crippen molar-refractivity contribution in [1.82, 2.24) is 4.98 Å². The van der Waals surface area contributed by atoms with E-state index in [0.29, 0.717) is 10.2 Å². The van der Waals surface area contributed by atoms with Crippen molar-refractivity contribution >= 4 is 37.5 Å².